The van der Waals surface area contributed by atoms with E-state index >= 15 is 0 Å². The molecule has 2 aromatic rings. The lowest BCUT2D eigenvalue weighted by molar-refractivity contribution is -0.137. The zero-order valence-electron chi connectivity index (χ0n) is 10.9. The summed E-state index contributed by atoms with van der Waals surface area (Å²) in [6.45, 7) is 3.80. The Morgan fingerprint density at radius 3 is 2.45 bits per heavy atom. The molecule has 0 aliphatic carbocycles. The molecule has 108 valence electrons. The molecule has 1 heterocycles. The number of aryl methyl sites for hydroxylation is 1. The van der Waals surface area contributed by atoms with Gasteiger partial charge in [0.05, 0.1) is 11.6 Å². The van der Waals surface area contributed by atoms with Gasteiger partial charge < -0.3 is 5.32 Å². The van der Waals surface area contributed by atoms with Crippen molar-refractivity contribution >= 4 is 28.6 Å². The molecule has 1 aromatic heterocycles. The Morgan fingerprint density at radius 1 is 1.20 bits per heavy atom. The average Bonchev–Trinajstić information content (AvgIpc) is 2.77. The first-order valence-corrected chi connectivity index (χ1v) is 7.16. The smallest absolute Gasteiger partial charge is 0.377 e. The standard InChI is InChI=1S/C14H13ClF3NS/c1-8-3-6-13(20-8)9(2)19-12-5-4-10(15)7-11(12)14(16,17)18/h3-7,9,19H,1-2H3. The van der Waals surface area contributed by atoms with Crippen molar-refractivity contribution in [1.29, 1.82) is 0 Å². The van der Waals surface area contributed by atoms with Crippen molar-refractivity contribution in [2.75, 3.05) is 5.32 Å². The predicted molar refractivity (Wildman–Crippen MR) is 77.5 cm³/mol. The molecule has 0 saturated carbocycles. The molecule has 0 aliphatic rings. The molecule has 1 aromatic carbocycles. The zero-order chi connectivity index (χ0) is 14.9. The fraction of sp³-hybridized carbons (Fsp3) is 0.286. The maximum Gasteiger partial charge on any atom is 0.418 e. The number of alkyl halides is 3. The van der Waals surface area contributed by atoms with Gasteiger partial charge >= 0.3 is 6.18 Å². The van der Waals surface area contributed by atoms with Crippen molar-refractivity contribution in [2.24, 2.45) is 0 Å². The zero-order valence-corrected chi connectivity index (χ0v) is 12.5. The van der Waals surface area contributed by atoms with Gasteiger partial charge in [-0.25, -0.2) is 0 Å². The van der Waals surface area contributed by atoms with Gasteiger partial charge in [-0.2, -0.15) is 13.2 Å². The van der Waals surface area contributed by atoms with E-state index in [1.54, 1.807) is 11.3 Å². The minimum atomic E-state index is -4.43. The summed E-state index contributed by atoms with van der Waals surface area (Å²) in [6, 6.07) is 7.42. The Balaban J connectivity index is 2.29. The maximum atomic E-state index is 13.0. The number of thiophene rings is 1. The summed E-state index contributed by atoms with van der Waals surface area (Å²) in [6.07, 6.45) is -4.43. The van der Waals surface area contributed by atoms with E-state index in [1.165, 1.54) is 12.1 Å². The van der Waals surface area contributed by atoms with Crippen molar-refractivity contribution in [3.63, 3.8) is 0 Å². The monoisotopic (exact) mass is 319 g/mol. The van der Waals surface area contributed by atoms with Crippen LogP contribution in [0, 0.1) is 6.92 Å². The highest BCUT2D eigenvalue weighted by atomic mass is 35.5. The van der Waals surface area contributed by atoms with Gasteiger partial charge in [-0.1, -0.05) is 11.6 Å². The van der Waals surface area contributed by atoms with E-state index in [9.17, 15) is 13.2 Å². The van der Waals surface area contributed by atoms with Crippen LogP contribution in [0.25, 0.3) is 0 Å². The van der Waals surface area contributed by atoms with Crippen molar-refractivity contribution in [1.82, 2.24) is 0 Å². The number of rotatable bonds is 3. The summed E-state index contributed by atoms with van der Waals surface area (Å²) in [5, 5.41) is 2.98. The topological polar surface area (TPSA) is 12.0 Å². The van der Waals surface area contributed by atoms with E-state index in [1.807, 2.05) is 26.0 Å². The van der Waals surface area contributed by atoms with Crippen molar-refractivity contribution in [2.45, 2.75) is 26.1 Å². The number of halogens is 4. The maximum absolute atomic E-state index is 13.0. The van der Waals surface area contributed by atoms with Gasteiger partial charge in [-0.15, -0.1) is 11.3 Å². The molecule has 1 nitrogen and oxygen atoms in total. The third kappa shape index (κ3) is 3.46. The molecule has 1 unspecified atom stereocenters. The molecule has 0 saturated heterocycles. The Morgan fingerprint density at radius 2 is 1.90 bits per heavy atom. The largest absolute Gasteiger partial charge is 0.418 e. The van der Waals surface area contributed by atoms with Gasteiger partial charge in [0.2, 0.25) is 0 Å². The first kappa shape index (κ1) is 15.2. The normalized spacial score (nSPS) is 13.3. The summed E-state index contributed by atoms with van der Waals surface area (Å²) in [5.41, 5.74) is -0.703. The molecule has 1 N–H and O–H groups in total. The van der Waals surface area contributed by atoms with Crippen LogP contribution in [0.3, 0.4) is 0 Å². The fourth-order valence-electron chi connectivity index (χ4n) is 1.87. The average molecular weight is 320 g/mol. The van der Waals surface area contributed by atoms with Crippen molar-refractivity contribution < 1.29 is 13.2 Å². The lowest BCUT2D eigenvalue weighted by atomic mass is 10.1. The van der Waals surface area contributed by atoms with Gasteiger partial charge in [0, 0.05) is 20.5 Å². The summed E-state index contributed by atoms with van der Waals surface area (Å²) >= 11 is 7.22. The molecule has 20 heavy (non-hydrogen) atoms. The highest BCUT2D eigenvalue weighted by Gasteiger charge is 2.34. The molecule has 0 fully saturated rings. The first-order chi connectivity index (χ1) is 9.27. The van der Waals surface area contributed by atoms with Crippen LogP contribution in [0.2, 0.25) is 5.02 Å². The van der Waals surface area contributed by atoms with Crippen molar-refractivity contribution in [3.8, 4) is 0 Å². The van der Waals surface area contributed by atoms with Crippen LogP contribution in [-0.4, -0.2) is 0 Å². The second-order valence-corrected chi connectivity index (χ2v) is 6.26. The summed E-state index contributed by atoms with van der Waals surface area (Å²) in [4.78, 5) is 2.12. The van der Waals surface area contributed by atoms with Gasteiger partial charge in [0.15, 0.2) is 0 Å². The third-order valence-corrected chi connectivity index (χ3v) is 4.27. The second kappa shape index (κ2) is 5.66. The van der Waals surface area contributed by atoms with Crippen LogP contribution in [-0.2, 0) is 6.18 Å². The van der Waals surface area contributed by atoms with Crippen LogP contribution in [0.4, 0.5) is 18.9 Å². The Bertz CT molecular complexity index is 607. The molecular weight excluding hydrogens is 307 g/mol. The lowest BCUT2D eigenvalue weighted by Gasteiger charge is -2.19. The SMILES string of the molecule is Cc1ccc(C(C)Nc2ccc(Cl)cc2C(F)(F)F)s1. The minimum Gasteiger partial charge on any atom is -0.377 e. The van der Waals surface area contributed by atoms with Gasteiger partial charge in [-0.05, 0) is 44.2 Å². The van der Waals surface area contributed by atoms with E-state index in [2.05, 4.69) is 5.32 Å². The molecule has 6 heteroatoms. The quantitative estimate of drug-likeness (QED) is 0.742. The Kier molecular flexibility index (Phi) is 4.30. The first-order valence-electron chi connectivity index (χ1n) is 5.97. The highest BCUT2D eigenvalue weighted by molar-refractivity contribution is 7.12. The summed E-state index contributed by atoms with van der Waals surface area (Å²) in [5.74, 6) is 0. The van der Waals surface area contributed by atoms with Gasteiger partial charge in [-0.3, -0.25) is 0 Å². The van der Waals surface area contributed by atoms with Crippen LogP contribution < -0.4 is 5.32 Å². The van der Waals surface area contributed by atoms with Crippen LogP contribution >= 0.6 is 22.9 Å². The van der Waals surface area contributed by atoms with E-state index < -0.39 is 11.7 Å². The number of benzene rings is 1. The lowest BCUT2D eigenvalue weighted by Crippen LogP contribution is -2.13. The number of hydrogen-bond acceptors (Lipinski definition) is 2. The second-order valence-electron chi connectivity index (χ2n) is 4.50. The van der Waals surface area contributed by atoms with E-state index in [0.717, 1.165) is 15.8 Å². The van der Waals surface area contributed by atoms with Crippen LogP contribution in [0.5, 0.6) is 0 Å². The van der Waals surface area contributed by atoms with Gasteiger partial charge in [0.1, 0.15) is 0 Å². The summed E-state index contributed by atoms with van der Waals surface area (Å²) < 4.78 is 39.0. The predicted octanol–water partition coefficient (Wildman–Crippen LogP) is 5.90. The Hall–Kier alpha value is -1.20. The van der Waals surface area contributed by atoms with Crippen LogP contribution in [0.15, 0.2) is 30.3 Å². The highest BCUT2D eigenvalue weighted by Crippen LogP contribution is 2.38. The molecule has 0 spiro atoms. The molecule has 0 radical (unpaired) electrons. The van der Waals surface area contributed by atoms with Gasteiger partial charge in [0.25, 0.3) is 0 Å². The molecule has 0 aliphatic heterocycles. The van der Waals surface area contributed by atoms with Crippen LogP contribution in [0.1, 0.15) is 28.3 Å². The molecule has 0 amide bonds. The molecular formula is C14H13ClF3NS. The molecule has 1 atom stereocenters. The number of hydrogen-bond donors (Lipinski definition) is 1. The van der Waals surface area contributed by atoms with Crippen molar-refractivity contribution in [3.05, 3.63) is 50.7 Å². The number of nitrogens with one attached hydrogen (secondary N) is 1. The summed E-state index contributed by atoms with van der Waals surface area (Å²) in [7, 11) is 0. The van der Waals surface area contributed by atoms with E-state index in [4.69, 9.17) is 11.6 Å². The molecule has 2 rings (SSSR count). The Labute approximate surface area is 124 Å². The number of anilines is 1. The molecule has 0 bridgehead atoms. The van der Waals surface area contributed by atoms with E-state index in [0.29, 0.717) is 0 Å². The van der Waals surface area contributed by atoms with E-state index in [-0.39, 0.29) is 16.8 Å². The third-order valence-electron chi connectivity index (χ3n) is 2.85. The fourth-order valence-corrected chi connectivity index (χ4v) is 2.92. The minimum absolute atomic E-state index is 0.0421.